The van der Waals surface area contributed by atoms with Gasteiger partial charge in [-0.15, -0.1) is 0 Å². The summed E-state index contributed by atoms with van der Waals surface area (Å²) in [7, 11) is 0. The molecule has 0 aromatic heterocycles. The van der Waals surface area contributed by atoms with E-state index in [4.69, 9.17) is 16.3 Å². The molecular weight excluding hydrogens is 396 g/mol. The highest BCUT2D eigenvalue weighted by Crippen LogP contribution is 2.67. The summed E-state index contributed by atoms with van der Waals surface area (Å²) in [6, 6.07) is 0. The lowest BCUT2D eigenvalue weighted by atomic mass is 9.47. The summed E-state index contributed by atoms with van der Waals surface area (Å²) in [4.78, 5) is 23.3. The Labute approximate surface area is 187 Å². The maximum atomic E-state index is 11.7. The molecule has 0 aliphatic heterocycles. The van der Waals surface area contributed by atoms with Gasteiger partial charge >= 0.3 is 5.97 Å². The van der Waals surface area contributed by atoms with Crippen molar-refractivity contribution in [2.75, 3.05) is 0 Å². The molecule has 0 amide bonds. The van der Waals surface area contributed by atoms with Crippen molar-refractivity contribution in [3.63, 3.8) is 0 Å². The molecule has 4 rings (SSSR count). The Morgan fingerprint density at radius 2 is 1.93 bits per heavy atom. The monoisotopic (exact) mass is 434 g/mol. The van der Waals surface area contributed by atoms with Crippen LogP contribution in [0.4, 0.5) is 0 Å². The third-order valence-corrected chi connectivity index (χ3v) is 10.1. The second-order valence-corrected chi connectivity index (χ2v) is 11.7. The first-order valence-electron chi connectivity index (χ1n) is 12.2. The highest BCUT2D eigenvalue weighted by atomic mass is 35.5. The number of hydrogen-bond acceptors (Lipinski definition) is 3. The van der Waals surface area contributed by atoms with Crippen molar-refractivity contribution in [1.29, 1.82) is 0 Å². The first-order chi connectivity index (χ1) is 14.2. The Hall–Kier alpha value is -0.830. The average Bonchev–Trinajstić information content (AvgIpc) is 3.03. The number of esters is 1. The van der Waals surface area contributed by atoms with Gasteiger partial charge in [-0.25, -0.2) is 0 Å². The predicted octanol–water partition coefficient (Wildman–Crippen LogP) is 6.68. The maximum Gasteiger partial charge on any atom is 0.302 e. The second-order valence-electron chi connectivity index (χ2n) is 11.3. The number of fused-ring (bicyclic) bond motifs is 5. The normalized spacial score (nSPS) is 42.2. The van der Waals surface area contributed by atoms with Crippen LogP contribution >= 0.6 is 11.6 Å². The van der Waals surface area contributed by atoms with Crippen molar-refractivity contribution >= 4 is 22.8 Å². The van der Waals surface area contributed by atoms with Crippen molar-refractivity contribution in [1.82, 2.24) is 0 Å². The van der Waals surface area contributed by atoms with Crippen LogP contribution in [0, 0.1) is 40.4 Å². The molecule has 4 aliphatic rings. The van der Waals surface area contributed by atoms with Crippen molar-refractivity contribution in [3.8, 4) is 0 Å². The van der Waals surface area contributed by atoms with Crippen LogP contribution in [0.25, 0.3) is 0 Å². The van der Waals surface area contributed by atoms with Gasteiger partial charge in [-0.1, -0.05) is 38.8 Å². The Bertz CT molecular complexity index is 714. The third kappa shape index (κ3) is 3.67. The topological polar surface area (TPSA) is 43.4 Å². The van der Waals surface area contributed by atoms with E-state index in [1.165, 1.54) is 64.7 Å². The molecule has 0 heterocycles. The summed E-state index contributed by atoms with van der Waals surface area (Å²) in [6.07, 6.45) is 14.1. The fraction of sp³-hybridized carbons (Fsp3) is 0.846. The molecule has 3 saturated carbocycles. The van der Waals surface area contributed by atoms with Crippen LogP contribution < -0.4 is 0 Å². The van der Waals surface area contributed by atoms with Gasteiger partial charge in [0.05, 0.1) is 6.42 Å². The Balaban J connectivity index is 1.57. The lowest BCUT2D eigenvalue weighted by Gasteiger charge is -2.58. The van der Waals surface area contributed by atoms with E-state index in [0.717, 1.165) is 17.8 Å². The molecule has 0 saturated heterocycles. The second kappa shape index (κ2) is 8.26. The Morgan fingerprint density at radius 1 is 1.17 bits per heavy atom. The van der Waals surface area contributed by atoms with Gasteiger partial charge < -0.3 is 4.74 Å². The van der Waals surface area contributed by atoms with Crippen molar-refractivity contribution in [2.24, 2.45) is 40.4 Å². The van der Waals surface area contributed by atoms with Crippen LogP contribution in [0.2, 0.25) is 0 Å². The van der Waals surface area contributed by atoms with Gasteiger partial charge in [-0.05, 0) is 103 Å². The van der Waals surface area contributed by atoms with E-state index in [0.29, 0.717) is 11.3 Å². The number of rotatable bonds is 5. The molecule has 0 N–H and O–H groups in total. The van der Waals surface area contributed by atoms with Crippen LogP contribution in [0.5, 0.6) is 0 Å². The number of allylic oxidation sites excluding steroid dienone is 2. The van der Waals surface area contributed by atoms with E-state index in [-0.39, 0.29) is 23.7 Å². The van der Waals surface area contributed by atoms with Crippen LogP contribution in [-0.4, -0.2) is 17.3 Å². The van der Waals surface area contributed by atoms with E-state index in [9.17, 15) is 9.59 Å². The van der Waals surface area contributed by atoms with E-state index < -0.39 is 11.3 Å². The average molecular weight is 435 g/mol. The van der Waals surface area contributed by atoms with E-state index in [2.05, 4.69) is 26.8 Å². The van der Waals surface area contributed by atoms with Crippen LogP contribution in [0.15, 0.2) is 11.6 Å². The zero-order valence-electron chi connectivity index (χ0n) is 19.2. The minimum Gasteiger partial charge on any atom is -0.462 e. The lowest BCUT2D eigenvalue weighted by molar-refractivity contribution is -0.153. The number of hydrogen-bond donors (Lipinski definition) is 0. The van der Waals surface area contributed by atoms with E-state index >= 15 is 0 Å². The zero-order valence-corrected chi connectivity index (χ0v) is 20.0. The van der Waals surface area contributed by atoms with Crippen LogP contribution in [0.3, 0.4) is 0 Å². The largest absolute Gasteiger partial charge is 0.462 e. The van der Waals surface area contributed by atoms with Gasteiger partial charge in [0, 0.05) is 6.92 Å². The number of halogens is 1. The molecule has 0 aromatic carbocycles. The summed E-state index contributed by atoms with van der Waals surface area (Å²) in [5, 5.41) is -0.410. The van der Waals surface area contributed by atoms with E-state index in [1.807, 2.05) is 0 Å². The Kier molecular flexibility index (Phi) is 6.16. The molecule has 168 valence electrons. The molecule has 1 unspecified atom stereocenters. The highest BCUT2D eigenvalue weighted by Gasteiger charge is 2.59. The summed E-state index contributed by atoms with van der Waals surface area (Å²) in [5.74, 6) is 2.68. The SMILES string of the molecule is CC(=O)OC(CC(=O)Cl)[C@@H](C)[C@H]1CC[C@H]2[C@@H]3CC=C4CCCC[C@]4(C)[C@H]3CC[C@]12C. The summed E-state index contributed by atoms with van der Waals surface area (Å²) in [6.45, 7) is 8.67. The standard InChI is InChI=1S/C26H39ClO3/c1-16(23(15-24(27)29)30-17(2)28)20-10-11-21-19-9-8-18-7-5-6-13-25(18,3)22(19)12-14-26(20,21)4/h8,16,19-23H,5-7,9-15H2,1-4H3/t16-,19-,20+,21-,22-,23?,25-,26+/m0/s1. The van der Waals surface area contributed by atoms with Crippen LogP contribution in [-0.2, 0) is 14.3 Å². The van der Waals surface area contributed by atoms with Crippen molar-refractivity contribution in [2.45, 2.75) is 98.0 Å². The molecular formula is C26H39ClO3. The minimum absolute atomic E-state index is 0.121. The molecule has 0 radical (unpaired) electrons. The highest BCUT2D eigenvalue weighted by molar-refractivity contribution is 6.63. The van der Waals surface area contributed by atoms with Gasteiger partial charge in [0.1, 0.15) is 6.10 Å². The smallest absolute Gasteiger partial charge is 0.302 e. The number of ether oxygens (including phenoxy) is 1. The quantitative estimate of drug-likeness (QED) is 0.275. The molecule has 4 aliphatic carbocycles. The molecule has 0 spiro atoms. The number of carbonyl (C=O) groups excluding carboxylic acids is 2. The molecule has 30 heavy (non-hydrogen) atoms. The van der Waals surface area contributed by atoms with E-state index in [1.54, 1.807) is 5.57 Å². The first-order valence-corrected chi connectivity index (χ1v) is 12.6. The summed E-state index contributed by atoms with van der Waals surface area (Å²) in [5.41, 5.74) is 2.46. The zero-order chi connectivity index (χ0) is 21.7. The fourth-order valence-electron chi connectivity index (χ4n) is 8.57. The lowest BCUT2D eigenvalue weighted by Crippen LogP contribution is -2.50. The molecule has 3 fully saturated rings. The molecule has 3 nitrogen and oxygen atoms in total. The van der Waals surface area contributed by atoms with Gasteiger partial charge in [0.25, 0.3) is 0 Å². The molecule has 0 aromatic rings. The first kappa shape index (κ1) is 22.4. The molecule has 4 heteroatoms. The van der Waals surface area contributed by atoms with Crippen LogP contribution in [0.1, 0.15) is 91.9 Å². The minimum atomic E-state index is -0.410. The molecule has 0 bridgehead atoms. The predicted molar refractivity (Wildman–Crippen MR) is 120 cm³/mol. The molecule has 8 atom stereocenters. The van der Waals surface area contributed by atoms with Crippen molar-refractivity contribution in [3.05, 3.63) is 11.6 Å². The van der Waals surface area contributed by atoms with Gasteiger partial charge in [0.2, 0.25) is 5.24 Å². The van der Waals surface area contributed by atoms with Gasteiger partial charge in [0.15, 0.2) is 0 Å². The number of carbonyl (C=O) groups is 2. The summed E-state index contributed by atoms with van der Waals surface area (Å²) < 4.78 is 5.60. The Morgan fingerprint density at radius 3 is 2.63 bits per heavy atom. The van der Waals surface area contributed by atoms with Crippen molar-refractivity contribution < 1.29 is 14.3 Å². The van der Waals surface area contributed by atoms with Gasteiger partial charge in [-0.2, -0.15) is 0 Å². The third-order valence-electron chi connectivity index (χ3n) is 9.99. The van der Waals surface area contributed by atoms with Gasteiger partial charge in [-0.3, -0.25) is 9.59 Å². The fourth-order valence-corrected chi connectivity index (χ4v) is 8.72. The maximum absolute atomic E-state index is 11.7. The summed E-state index contributed by atoms with van der Waals surface area (Å²) >= 11 is 5.71.